The molecule has 0 aliphatic carbocycles. The van der Waals surface area contributed by atoms with Crippen molar-refractivity contribution < 1.29 is 13.3 Å². The Kier molecular flexibility index (Phi) is 8.28. The number of hydrogen-bond donors (Lipinski definition) is 0. The van der Waals surface area contributed by atoms with Crippen molar-refractivity contribution >= 4 is 130 Å². The molecule has 3 heteroatoms. The summed E-state index contributed by atoms with van der Waals surface area (Å²) in [5.74, 6) is 0. The van der Waals surface area contributed by atoms with Crippen molar-refractivity contribution in [2.45, 2.75) is 0 Å². The second-order valence-corrected chi connectivity index (χ2v) is 20.2. The molecule has 0 saturated carbocycles. The summed E-state index contributed by atoms with van der Waals surface area (Å²) in [7, 11) is 0. The third kappa shape index (κ3) is 5.81. The standard InChI is InChI=1S/C72H40O3/c1-3-17-43-39-65-60(35-41(43)15-1)58-37-45(31-33-62(58)73-65)67-47-19-5-9-23-51(47)69(52-24-10-6-20-48(52)67)55-27-14-30-64-71(55)57-29-13-28-56(72(57)75-64)70-53-25-11-7-21-49(53)68(50-22-8-12-26-54(50)70)46-32-34-63-59(38-46)61-36-42-16-2-4-18-44(42)40-66(61)74-63/h1-40H. The molecule has 0 aliphatic rings. The maximum atomic E-state index is 7.22. The van der Waals surface area contributed by atoms with Crippen molar-refractivity contribution in [2.75, 3.05) is 0 Å². The Morgan fingerprint density at radius 2 is 0.560 bits per heavy atom. The van der Waals surface area contributed by atoms with Gasteiger partial charge in [0, 0.05) is 43.4 Å². The minimum atomic E-state index is 0.857. The van der Waals surface area contributed by atoms with Gasteiger partial charge in [0.15, 0.2) is 0 Å². The maximum absolute atomic E-state index is 7.22. The molecular formula is C72H40O3. The molecule has 0 bridgehead atoms. The van der Waals surface area contributed by atoms with E-state index in [2.05, 4.69) is 243 Å². The van der Waals surface area contributed by atoms with Gasteiger partial charge in [0.1, 0.15) is 33.5 Å². The van der Waals surface area contributed by atoms with Crippen molar-refractivity contribution in [1.29, 1.82) is 0 Å². The highest BCUT2D eigenvalue weighted by atomic mass is 16.3. The molecule has 0 atom stereocenters. The monoisotopic (exact) mass is 952 g/mol. The van der Waals surface area contributed by atoms with Crippen molar-refractivity contribution in [1.82, 2.24) is 0 Å². The number of fused-ring (bicyclic) bond motifs is 15. The Labute approximate surface area is 428 Å². The Balaban J connectivity index is 0.877. The zero-order valence-corrected chi connectivity index (χ0v) is 40.3. The van der Waals surface area contributed by atoms with Crippen LogP contribution in [0.2, 0.25) is 0 Å². The van der Waals surface area contributed by atoms with Crippen molar-refractivity contribution in [3.05, 3.63) is 243 Å². The number of hydrogen-bond acceptors (Lipinski definition) is 3. The van der Waals surface area contributed by atoms with Gasteiger partial charge in [-0.2, -0.15) is 0 Å². The first-order chi connectivity index (χ1) is 37.2. The average Bonchev–Trinajstić information content (AvgIpc) is 4.19. The van der Waals surface area contributed by atoms with Crippen LogP contribution in [0.25, 0.3) is 175 Å². The van der Waals surface area contributed by atoms with Crippen LogP contribution in [-0.4, -0.2) is 0 Å². The summed E-state index contributed by atoms with van der Waals surface area (Å²) >= 11 is 0. The SMILES string of the molecule is c1ccc2cc3c(cc2c1)oc1ccc(-c2c4ccccc4c(-c4cccc5c4oc4cccc(-c6c7ccccc7c(-c7ccc8oc9cc%10ccccc%10cc9c8c7)c7ccccc67)c45)c4ccccc24)cc13. The van der Waals surface area contributed by atoms with E-state index in [1.165, 1.54) is 81.3 Å². The lowest BCUT2D eigenvalue weighted by atomic mass is 9.84. The largest absolute Gasteiger partial charge is 0.456 e. The highest BCUT2D eigenvalue weighted by molar-refractivity contribution is 6.29. The van der Waals surface area contributed by atoms with E-state index >= 15 is 0 Å². The Morgan fingerprint density at radius 1 is 0.200 bits per heavy atom. The molecule has 0 aliphatic heterocycles. The third-order valence-corrected chi connectivity index (χ3v) is 16.2. The number of benzene rings is 14. The quantitative estimate of drug-likeness (QED) is 0.165. The summed E-state index contributed by atoms with van der Waals surface area (Å²) < 4.78 is 20.2. The molecule has 0 spiro atoms. The Hall–Kier alpha value is -9.96. The second kappa shape index (κ2) is 15.3. The lowest BCUT2D eigenvalue weighted by molar-refractivity contribution is 0.669. The zero-order chi connectivity index (χ0) is 48.9. The minimum Gasteiger partial charge on any atom is -0.456 e. The summed E-state index contributed by atoms with van der Waals surface area (Å²) in [5, 5.41) is 20.9. The van der Waals surface area contributed by atoms with E-state index < -0.39 is 0 Å². The van der Waals surface area contributed by atoms with E-state index in [1.807, 2.05) is 0 Å². The summed E-state index contributed by atoms with van der Waals surface area (Å²) in [6.45, 7) is 0. The van der Waals surface area contributed by atoms with E-state index in [9.17, 15) is 0 Å². The Morgan fingerprint density at radius 3 is 1.03 bits per heavy atom. The van der Waals surface area contributed by atoms with Gasteiger partial charge < -0.3 is 13.3 Å². The van der Waals surface area contributed by atoms with Crippen LogP contribution >= 0.6 is 0 Å². The van der Waals surface area contributed by atoms with Gasteiger partial charge in [-0.15, -0.1) is 0 Å². The summed E-state index contributed by atoms with van der Waals surface area (Å²) in [4.78, 5) is 0. The zero-order valence-electron chi connectivity index (χ0n) is 40.3. The predicted octanol–water partition coefficient (Wildman–Crippen LogP) is 21.0. The highest BCUT2D eigenvalue weighted by Gasteiger charge is 2.25. The van der Waals surface area contributed by atoms with Gasteiger partial charge in [0.05, 0.1) is 0 Å². The number of rotatable bonds is 4. The van der Waals surface area contributed by atoms with Crippen LogP contribution in [0.5, 0.6) is 0 Å². The van der Waals surface area contributed by atoms with Gasteiger partial charge >= 0.3 is 0 Å². The van der Waals surface area contributed by atoms with Crippen LogP contribution in [0.4, 0.5) is 0 Å². The van der Waals surface area contributed by atoms with Gasteiger partial charge in [0.2, 0.25) is 0 Å². The summed E-state index contributed by atoms with van der Waals surface area (Å²) in [6, 6.07) is 88.1. The molecule has 0 radical (unpaired) electrons. The van der Waals surface area contributed by atoms with Gasteiger partial charge in [-0.1, -0.05) is 188 Å². The number of furan rings is 3. The molecule has 17 aromatic rings. The minimum absolute atomic E-state index is 0.857. The second-order valence-electron chi connectivity index (χ2n) is 20.2. The van der Waals surface area contributed by atoms with Gasteiger partial charge in [0.25, 0.3) is 0 Å². The molecule has 3 nitrogen and oxygen atoms in total. The molecule has 0 unspecified atom stereocenters. The van der Waals surface area contributed by atoms with Crippen LogP contribution in [0.15, 0.2) is 256 Å². The van der Waals surface area contributed by atoms with E-state index in [4.69, 9.17) is 13.3 Å². The summed E-state index contributed by atoms with van der Waals surface area (Å²) in [5.41, 5.74) is 14.6. The highest BCUT2D eigenvalue weighted by Crippen LogP contribution is 2.51. The fourth-order valence-electron chi connectivity index (χ4n) is 12.9. The van der Waals surface area contributed by atoms with Gasteiger partial charge in [-0.3, -0.25) is 0 Å². The van der Waals surface area contributed by atoms with Crippen molar-refractivity contribution in [3.63, 3.8) is 0 Å². The first-order valence-electron chi connectivity index (χ1n) is 25.7. The predicted molar refractivity (Wildman–Crippen MR) is 315 cm³/mol. The van der Waals surface area contributed by atoms with E-state index in [-0.39, 0.29) is 0 Å². The van der Waals surface area contributed by atoms with Gasteiger partial charge in [-0.25, -0.2) is 0 Å². The lowest BCUT2D eigenvalue weighted by Gasteiger charge is -2.18. The van der Waals surface area contributed by atoms with E-state index in [0.29, 0.717) is 0 Å². The molecule has 14 aromatic carbocycles. The fraction of sp³-hybridized carbons (Fsp3) is 0. The molecule has 3 heterocycles. The van der Waals surface area contributed by atoms with Crippen LogP contribution in [0.1, 0.15) is 0 Å². The van der Waals surface area contributed by atoms with Crippen LogP contribution in [0, 0.1) is 0 Å². The molecule has 17 rings (SSSR count). The topological polar surface area (TPSA) is 39.4 Å². The normalized spacial score (nSPS) is 12.3. The molecule has 0 amide bonds. The van der Waals surface area contributed by atoms with Crippen LogP contribution < -0.4 is 0 Å². The maximum Gasteiger partial charge on any atom is 0.143 e. The first kappa shape index (κ1) is 40.6. The molecule has 3 aromatic heterocycles. The van der Waals surface area contributed by atoms with Gasteiger partial charge in [-0.05, 0) is 153 Å². The van der Waals surface area contributed by atoms with Crippen LogP contribution in [-0.2, 0) is 0 Å². The average molecular weight is 953 g/mol. The lowest BCUT2D eigenvalue weighted by Crippen LogP contribution is -1.91. The first-order valence-corrected chi connectivity index (χ1v) is 25.7. The Bertz CT molecular complexity index is 5200. The molecule has 75 heavy (non-hydrogen) atoms. The van der Waals surface area contributed by atoms with Crippen LogP contribution in [0.3, 0.4) is 0 Å². The van der Waals surface area contributed by atoms with Crippen molar-refractivity contribution in [3.8, 4) is 44.5 Å². The van der Waals surface area contributed by atoms with E-state index in [0.717, 1.165) is 93.6 Å². The third-order valence-electron chi connectivity index (χ3n) is 16.2. The van der Waals surface area contributed by atoms with E-state index in [1.54, 1.807) is 0 Å². The smallest absolute Gasteiger partial charge is 0.143 e. The molecule has 0 saturated heterocycles. The molecular weight excluding hydrogens is 913 g/mol. The molecule has 0 fully saturated rings. The summed E-state index contributed by atoms with van der Waals surface area (Å²) in [6.07, 6.45) is 0. The fourth-order valence-corrected chi connectivity index (χ4v) is 12.9. The number of para-hydroxylation sites is 1. The molecule has 346 valence electrons. The molecule has 0 N–H and O–H groups in total. The van der Waals surface area contributed by atoms with Crippen molar-refractivity contribution in [2.24, 2.45) is 0 Å².